The van der Waals surface area contributed by atoms with Crippen LogP contribution < -0.4 is 4.74 Å². The van der Waals surface area contributed by atoms with Crippen LogP contribution in [0.5, 0.6) is 11.5 Å². The molecule has 0 aromatic heterocycles. The molecule has 0 atom stereocenters. The fourth-order valence-electron chi connectivity index (χ4n) is 1.46. The van der Waals surface area contributed by atoms with Crippen molar-refractivity contribution in [3.05, 3.63) is 55.4 Å². The van der Waals surface area contributed by atoms with Crippen LogP contribution in [0, 0.1) is 0 Å². The Hall–Kier alpha value is -0.940. The van der Waals surface area contributed by atoms with Crippen molar-refractivity contribution in [2.75, 3.05) is 0 Å². The van der Waals surface area contributed by atoms with E-state index in [1.54, 1.807) is 6.07 Å². The van der Waals surface area contributed by atoms with E-state index in [2.05, 4.69) is 15.9 Å². The Morgan fingerprint density at radius 1 is 1.00 bits per heavy atom. The van der Waals surface area contributed by atoms with E-state index in [0.29, 0.717) is 4.47 Å². The van der Waals surface area contributed by atoms with Gasteiger partial charge < -0.3 is 9.84 Å². The fraction of sp³-hybridized carbons (Fsp3) is 0. The molecule has 0 amide bonds. The van der Waals surface area contributed by atoms with Gasteiger partial charge in [0.1, 0.15) is 17.1 Å². The largest absolute Gasteiger partial charge is 0.478 e. The number of hydrogen-bond acceptors (Lipinski definition) is 2. The second kappa shape index (κ2) is 6.22. The first-order valence-electron chi connectivity index (χ1n) is 5.23. The molecule has 2 aromatic rings. The Labute approximate surface area is 138 Å². The van der Waals surface area contributed by atoms with Crippen molar-refractivity contribution in [3.8, 4) is 11.5 Å². The van der Waals surface area contributed by atoms with E-state index in [1.165, 1.54) is 24.3 Å². The summed E-state index contributed by atoms with van der Waals surface area (Å²) >= 11 is 21.0. The number of carboxylic acids is 1. The van der Waals surface area contributed by atoms with Crippen molar-refractivity contribution < 1.29 is 14.6 Å². The molecule has 0 aliphatic rings. The van der Waals surface area contributed by atoms with Crippen molar-refractivity contribution in [3.63, 3.8) is 0 Å². The van der Waals surface area contributed by atoms with Gasteiger partial charge in [0.15, 0.2) is 0 Å². The second-order valence-electron chi connectivity index (χ2n) is 3.74. The quantitative estimate of drug-likeness (QED) is 0.657. The van der Waals surface area contributed by atoms with Crippen LogP contribution in [0.2, 0.25) is 15.1 Å². The summed E-state index contributed by atoms with van der Waals surface area (Å²) in [5.74, 6) is -0.738. The molecule has 2 aromatic carbocycles. The molecule has 0 heterocycles. The summed E-state index contributed by atoms with van der Waals surface area (Å²) in [7, 11) is 0. The van der Waals surface area contributed by atoms with Crippen molar-refractivity contribution >= 4 is 56.7 Å². The number of ether oxygens (including phenoxy) is 1. The summed E-state index contributed by atoms with van der Waals surface area (Å²) in [5.41, 5.74) is 0.00957. The molecule has 0 bridgehead atoms. The third-order valence-corrected chi connectivity index (χ3v) is 3.88. The van der Waals surface area contributed by atoms with Gasteiger partial charge in [0, 0.05) is 10.5 Å². The minimum absolute atomic E-state index is 0.00957. The summed E-state index contributed by atoms with van der Waals surface area (Å²) in [6.07, 6.45) is 0. The van der Waals surface area contributed by atoms with E-state index < -0.39 is 5.97 Å². The average Bonchev–Trinajstić information content (AvgIpc) is 2.35. The summed E-state index contributed by atoms with van der Waals surface area (Å²) in [5, 5.41) is 9.91. The van der Waals surface area contributed by atoms with Crippen LogP contribution in [-0.4, -0.2) is 11.1 Å². The third-order valence-electron chi connectivity index (χ3n) is 2.37. The Balaban J connectivity index is 2.47. The monoisotopic (exact) mass is 394 g/mol. The fourth-order valence-corrected chi connectivity index (χ4v) is 2.37. The van der Waals surface area contributed by atoms with E-state index in [-0.39, 0.29) is 32.1 Å². The maximum absolute atomic E-state index is 11.2. The predicted octanol–water partition coefficient (Wildman–Crippen LogP) is 5.90. The van der Waals surface area contributed by atoms with Crippen LogP contribution in [0.25, 0.3) is 0 Å². The van der Waals surface area contributed by atoms with Gasteiger partial charge in [0.25, 0.3) is 0 Å². The van der Waals surface area contributed by atoms with Crippen LogP contribution in [0.3, 0.4) is 0 Å². The molecule has 2 rings (SSSR count). The lowest BCUT2D eigenvalue weighted by Gasteiger charge is -2.11. The predicted molar refractivity (Wildman–Crippen MR) is 82.6 cm³/mol. The average molecular weight is 396 g/mol. The first-order chi connectivity index (χ1) is 9.38. The molecule has 0 saturated carbocycles. The van der Waals surface area contributed by atoms with Crippen LogP contribution in [-0.2, 0) is 0 Å². The van der Waals surface area contributed by atoms with Gasteiger partial charge in [0.2, 0.25) is 0 Å². The highest BCUT2D eigenvalue weighted by Crippen LogP contribution is 2.37. The maximum atomic E-state index is 11.2. The van der Waals surface area contributed by atoms with Crippen molar-refractivity contribution in [1.29, 1.82) is 0 Å². The lowest BCUT2D eigenvalue weighted by Crippen LogP contribution is -2.00. The van der Waals surface area contributed by atoms with Crippen LogP contribution >= 0.6 is 50.7 Å². The number of carboxylic acid groups (broad SMARTS) is 1. The van der Waals surface area contributed by atoms with Gasteiger partial charge >= 0.3 is 5.97 Å². The number of hydrogen-bond donors (Lipinski definition) is 1. The van der Waals surface area contributed by atoms with Crippen LogP contribution in [0.1, 0.15) is 10.4 Å². The molecule has 0 spiro atoms. The molecule has 1 N–H and O–H groups in total. The van der Waals surface area contributed by atoms with Crippen molar-refractivity contribution in [1.82, 2.24) is 0 Å². The Morgan fingerprint density at radius 2 is 1.65 bits per heavy atom. The minimum Gasteiger partial charge on any atom is -0.478 e. The van der Waals surface area contributed by atoms with E-state index in [9.17, 15) is 4.79 Å². The normalized spacial score (nSPS) is 10.4. The van der Waals surface area contributed by atoms with Gasteiger partial charge in [-0.2, -0.15) is 0 Å². The van der Waals surface area contributed by atoms with Gasteiger partial charge in [0.05, 0.1) is 15.1 Å². The summed E-state index contributed by atoms with van der Waals surface area (Å²) in [4.78, 5) is 11.2. The van der Waals surface area contributed by atoms with Gasteiger partial charge in [-0.3, -0.25) is 0 Å². The Kier molecular flexibility index (Phi) is 4.81. The molecule has 0 unspecified atom stereocenters. The van der Waals surface area contributed by atoms with Crippen molar-refractivity contribution in [2.45, 2.75) is 0 Å². The van der Waals surface area contributed by atoms with Gasteiger partial charge in [-0.15, -0.1) is 0 Å². The lowest BCUT2D eigenvalue weighted by molar-refractivity contribution is 0.0694. The standard InChI is InChI=1S/C13H6BrCl3O3/c14-6-1-2-7(13(18)19)11(3-6)20-12-5-9(16)8(15)4-10(12)17/h1-5H,(H,18,19). The Morgan fingerprint density at radius 3 is 2.30 bits per heavy atom. The molecule has 20 heavy (non-hydrogen) atoms. The summed E-state index contributed by atoms with van der Waals surface area (Å²) < 4.78 is 6.21. The van der Waals surface area contributed by atoms with Crippen LogP contribution in [0.15, 0.2) is 34.8 Å². The zero-order chi connectivity index (χ0) is 14.9. The topological polar surface area (TPSA) is 46.5 Å². The SMILES string of the molecule is O=C(O)c1ccc(Br)cc1Oc1cc(Cl)c(Cl)cc1Cl. The zero-order valence-electron chi connectivity index (χ0n) is 9.66. The molecular formula is C13H6BrCl3O3. The molecule has 7 heteroatoms. The molecule has 0 aliphatic heterocycles. The second-order valence-corrected chi connectivity index (χ2v) is 5.88. The van der Waals surface area contributed by atoms with Gasteiger partial charge in [-0.05, 0) is 24.3 Å². The third kappa shape index (κ3) is 3.38. The van der Waals surface area contributed by atoms with E-state index in [1.807, 2.05) is 0 Å². The molecule has 0 fully saturated rings. The van der Waals surface area contributed by atoms with Crippen molar-refractivity contribution in [2.24, 2.45) is 0 Å². The highest BCUT2D eigenvalue weighted by molar-refractivity contribution is 9.10. The maximum Gasteiger partial charge on any atom is 0.339 e. The lowest BCUT2D eigenvalue weighted by atomic mass is 10.2. The molecule has 0 radical (unpaired) electrons. The smallest absolute Gasteiger partial charge is 0.339 e. The first kappa shape index (κ1) is 15.4. The molecule has 3 nitrogen and oxygen atoms in total. The number of aromatic carboxylic acids is 1. The van der Waals surface area contributed by atoms with E-state index >= 15 is 0 Å². The summed E-state index contributed by atoms with van der Waals surface area (Å²) in [6.45, 7) is 0. The van der Waals surface area contributed by atoms with Crippen LogP contribution in [0.4, 0.5) is 0 Å². The van der Waals surface area contributed by atoms with Gasteiger partial charge in [-0.25, -0.2) is 4.79 Å². The molecule has 104 valence electrons. The number of carbonyl (C=O) groups is 1. The minimum atomic E-state index is -1.11. The highest BCUT2D eigenvalue weighted by Gasteiger charge is 2.15. The number of benzene rings is 2. The van der Waals surface area contributed by atoms with Gasteiger partial charge in [-0.1, -0.05) is 50.7 Å². The number of halogens is 4. The number of rotatable bonds is 3. The summed E-state index contributed by atoms with van der Waals surface area (Å²) in [6, 6.07) is 7.42. The molecular weight excluding hydrogens is 390 g/mol. The molecule has 0 saturated heterocycles. The zero-order valence-corrected chi connectivity index (χ0v) is 13.5. The Bertz CT molecular complexity index is 689. The molecule has 0 aliphatic carbocycles. The first-order valence-corrected chi connectivity index (χ1v) is 7.16. The van der Waals surface area contributed by atoms with E-state index in [4.69, 9.17) is 44.6 Å². The highest BCUT2D eigenvalue weighted by atomic mass is 79.9. The van der Waals surface area contributed by atoms with E-state index in [0.717, 1.165) is 0 Å².